The first kappa shape index (κ1) is 19.9. The molecule has 1 aliphatic heterocycles. The maximum atomic E-state index is 12.5. The van der Waals surface area contributed by atoms with Crippen molar-refractivity contribution in [1.29, 1.82) is 0 Å². The van der Waals surface area contributed by atoms with E-state index < -0.39 is 0 Å². The van der Waals surface area contributed by atoms with Gasteiger partial charge in [-0.05, 0) is 23.8 Å². The van der Waals surface area contributed by atoms with E-state index in [4.69, 9.17) is 23.2 Å². The molecule has 1 aromatic carbocycles. The van der Waals surface area contributed by atoms with Crippen molar-refractivity contribution in [1.82, 2.24) is 19.2 Å². The van der Waals surface area contributed by atoms with Crippen molar-refractivity contribution in [2.75, 3.05) is 26.2 Å². The summed E-state index contributed by atoms with van der Waals surface area (Å²) in [5.41, 5.74) is 1.62. The molecule has 3 aromatic rings. The number of carbonyl (C=O) groups excluding carboxylic acids is 2. The standard InChI is InChI=1S/C20H18Cl2N4O2S/c21-15-3-1-14(2-4-15)13-18(28)25-9-7-24(8-10-25)17(27)6-5-16-19(22)23-20-26(16)11-12-29-20/h1-6,11-12H,7-10,13H2/b6-5+. The number of amides is 2. The summed E-state index contributed by atoms with van der Waals surface area (Å²) in [6.07, 6.45) is 5.41. The second kappa shape index (κ2) is 8.57. The third-order valence-electron chi connectivity index (χ3n) is 4.85. The van der Waals surface area contributed by atoms with E-state index in [2.05, 4.69) is 4.98 Å². The first-order valence-corrected chi connectivity index (χ1v) is 10.7. The average molecular weight is 449 g/mol. The maximum absolute atomic E-state index is 12.5. The van der Waals surface area contributed by atoms with Gasteiger partial charge in [-0.25, -0.2) is 4.98 Å². The number of benzene rings is 1. The van der Waals surface area contributed by atoms with Crippen molar-refractivity contribution in [2.45, 2.75) is 6.42 Å². The first-order valence-electron chi connectivity index (χ1n) is 9.11. The number of aromatic nitrogens is 2. The Morgan fingerprint density at radius 2 is 1.76 bits per heavy atom. The van der Waals surface area contributed by atoms with Crippen LogP contribution >= 0.6 is 34.5 Å². The van der Waals surface area contributed by atoms with Crippen LogP contribution in [0.25, 0.3) is 11.0 Å². The van der Waals surface area contributed by atoms with Crippen molar-refractivity contribution in [3.05, 3.63) is 63.4 Å². The molecule has 1 fully saturated rings. The molecule has 0 bridgehead atoms. The third kappa shape index (κ3) is 4.47. The highest BCUT2D eigenvalue weighted by molar-refractivity contribution is 7.15. The molecule has 0 unspecified atom stereocenters. The van der Waals surface area contributed by atoms with Crippen LogP contribution in [-0.4, -0.2) is 57.2 Å². The first-order chi connectivity index (χ1) is 14.0. The number of hydrogen-bond donors (Lipinski definition) is 0. The Kier molecular flexibility index (Phi) is 5.89. The minimum Gasteiger partial charge on any atom is -0.339 e. The molecule has 4 rings (SSSR count). The van der Waals surface area contributed by atoms with Gasteiger partial charge in [-0.3, -0.25) is 14.0 Å². The summed E-state index contributed by atoms with van der Waals surface area (Å²) in [6, 6.07) is 7.28. The number of carbonyl (C=O) groups is 2. The fourth-order valence-corrected chi connectivity index (χ4v) is 4.38. The van der Waals surface area contributed by atoms with Gasteiger partial charge in [-0.2, -0.15) is 0 Å². The van der Waals surface area contributed by atoms with Crippen molar-refractivity contribution >= 4 is 57.4 Å². The maximum Gasteiger partial charge on any atom is 0.246 e. The van der Waals surface area contributed by atoms with Crippen LogP contribution in [0.1, 0.15) is 11.3 Å². The molecule has 0 spiro atoms. The molecule has 3 heterocycles. The van der Waals surface area contributed by atoms with Gasteiger partial charge in [0.1, 0.15) is 0 Å². The van der Waals surface area contributed by atoms with E-state index in [-0.39, 0.29) is 11.8 Å². The fraction of sp³-hybridized carbons (Fsp3) is 0.250. The Balaban J connectivity index is 1.32. The Labute approximate surface area is 182 Å². The Bertz CT molecular complexity index is 1070. The van der Waals surface area contributed by atoms with Gasteiger partial charge in [0.05, 0.1) is 12.1 Å². The largest absolute Gasteiger partial charge is 0.339 e. The predicted octanol–water partition coefficient (Wildman–Crippen LogP) is 3.63. The molecule has 0 N–H and O–H groups in total. The second-order valence-electron chi connectivity index (χ2n) is 6.69. The van der Waals surface area contributed by atoms with Gasteiger partial charge in [0, 0.05) is 48.9 Å². The van der Waals surface area contributed by atoms with E-state index in [0.29, 0.717) is 48.5 Å². The molecule has 1 saturated heterocycles. The molecule has 0 aliphatic carbocycles. The number of piperazine rings is 1. The van der Waals surface area contributed by atoms with Crippen LogP contribution in [0.3, 0.4) is 0 Å². The lowest BCUT2D eigenvalue weighted by Crippen LogP contribution is -2.50. The summed E-state index contributed by atoms with van der Waals surface area (Å²) < 4.78 is 1.85. The highest BCUT2D eigenvalue weighted by Gasteiger charge is 2.23. The molecular weight excluding hydrogens is 431 g/mol. The minimum absolute atomic E-state index is 0.0563. The number of fused-ring (bicyclic) bond motifs is 1. The molecule has 150 valence electrons. The van der Waals surface area contributed by atoms with E-state index in [0.717, 1.165) is 10.5 Å². The summed E-state index contributed by atoms with van der Waals surface area (Å²) in [5, 5.41) is 2.94. The second-order valence-corrected chi connectivity index (χ2v) is 8.35. The lowest BCUT2D eigenvalue weighted by molar-refractivity contribution is -0.136. The summed E-state index contributed by atoms with van der Waals surface area (Å²) >= 11 is 13.5. The number of imidazole rings is 1. The smallest absolute Gasteiger partial charge is 0.246 e. The van der Waals surface area contributed by atoms with E-state index >= 15 is 0 Å². The monoisotopic (exact) mass is 448 g/mol. The average Bonchev–Trinajstić information content (AvgIpc) is 3.28. The Hall–Kier alpha value is -2.35. The SMILES string of the molecule is O=C(/C=C/c1c(Cl)nc2sccn12)N1CCN(C(=O)Cc2ccc(Cl)cc2)CC1. The van der Waals surface area contributed by atoms with Gasteiger partial charge in [0.15, 0.2) is 10.1 Å². The molecule has 29 heavy (non-hydrogen) atoms. The molecule has 2 aromatic heterocycles. The van der Waals surface area contributed by atoms with E-state index in [1.165, 1.54) is 17.4 Å². The van der Waals surface area contributed by atoms with Gasteiger partial charge < -0.3 is 9.80 Å². The van der Waals surface area contributed by atoms with E-state index in [1.54, 1.807) is 28.0 Å². The van der Waals surface area contributed by atoms with E-state index in [1.807, 2.05) is 28.1 Å². The van der Waals surface area contributed by atoms with Gasteiger partial charge in [0.2, 0.25) is 11.8 Å². The van der Waals surface area contributed by atoms with Gasteiger partial charge >= 0.3 is 0 Å². The van der Waals surface area contributed by atoms with Crippen LogP contribution in [0, 0.1) is 0 Å². The van der Waals surface area contributed by atoms with Gasteiger partial charge in [-0.15, -0.1) is 11.3 Å². The van der Waals surface area contributed by atoms with Crippen LogP contribution in [0.4, 0.5) is 0 Å². The van der Waals surface area contributed by atoms with Crippen molar-refractivity contribution in [3.8, 4) is 0 Å². The zero-order valence-electron chi connectivity index (χ0n) is 15.4. The number of nitrogens with zero attached hydrogens (tertiary/aromatic N) is 4. The number of halogens is 2. The quantitative estimate of drug-likeness (QED) is 0.572. The fourth-order valence-electron chi connectivity index (χ4n) is 3.25. The van der Waals surface area contributed by atoms with Crippen LogP contribution in [0.15, 0.2) is 41.9 Å². The zero-order valence-corrected chi connectivity index (χ0v) is 17.8. The molecular formula is C20H18Cl2N4O2S. The van der Waals surface area contributed by atoms with Crippen molar-refractivity contribution in [3.63, 3.8) is 0 Å². The van der Waals surface area contributed by atoms with E-state index in [9.17, 15) is 9.59 Å². The summed E-state index contributed by atoms with van der Waals surface area (Å²) in [6.45, 7) is 2.05. The molecule has 0 atom stereocenters. The number of hydrogen-bond acceptors (Lipinski definition) is 4. The highest BCUT2D eigenvalue weighted by atomic mass is 35.5. The van der Waals surface area contributed by atoms with Crippen molar-refractivity contribution < 1.29 is 9.59 Å². The molecule has 9 heteroatoms. The van der Waals surface area contributed by atoms with Crippen LogP contribution < -0.4 is 0 Å². The van der Waals surface area contributed by atoms with Gasteiger partial charge in [0.25, 0.3) is 0 Å². The lowest BCUT2D eigenvalue weighted by atomic mass is 10.1. The zero-order chi connectivity index (χ0) is 20.4. The normalized spacial score (nSPS) is 14.8. The minimum atomic E-state index is -0.101. The number of thiazole rings is 1. The topological polar surface area (TPSA) is 57.9 Å². The highest BCUT2D eigenvalue weighted by Crippen LogP contribution is 2.22. The Morgan fingerprint density at radius 3 is 2.48 bits per heavy atom. The Morgan fingerprint density at radius 1 is 1.07 bits per heavy atom. The van der Waals surface area contributed by atoms with Gasteiger partial charge in [-0.1, -0.05) is 35.3 Å². The molecule has 6 nitrogen and oxygen atoms in total. The molecule has 0 radical (unpaired) electrons. The van der Waals surface area contributed by atoms with Crippen LogP contribution in [0.2, 0.25) is 10.2 Å². The summed E-state index contributed by atoms with van der Waals surface area (Å²) in [4.78, 5) is 33.6. The predicted molar refractivity (Wildman–Crippen MR) is 115 cm³/mol. The third-order valence-corrected chi connectivity index (χ3v) is 6.14. The molecule has 2 amide bonds. The molecule has 1 aliphatic rings. The summed E-state index contributed by atoms with van der Waals surface area (Å²) in [7, 11) is 0. The summed E-state index contributed by atoms with van der Waals surface area (Å²) in [5.74, 6) is -0.0445. The van der Waals surface area contributed by atoms with Crippen molar-refractivity contribution in [2.24, 2.45) is 0 Å². The molecule has 0 saturated carbocycles. The van der Waals surface area contributed by atoms with Crippen LogP contribution in [0.5, 0.6) is 0 Å². The number of rotatable bonds is 4. The van der Waals surface area contributed by atoms with Crippen LogP contribution in [-0.2, 0) is 16.0 Å². The lowest BCUT2D eigenvalue weighted by Gasteiger charge is -2.34.